The molecule has 0 aliphatic rings. The molecule has 1 N–H and O–H groups in total. The fourth-order valence-corrected chi connectivity index (χ4v) is 2.47. The van der Waals surface area contributed by atoms with Gasteiger partial charge in [0.15, 0.2) is 11.6 Å². The molecule has 0 fully saturated rings. The Hall–Kier alpha value is -1.78. The highest BCUT2D eigenvalue weighted by Gasteiger charge is 2.27. The molecule has 0 spiro atoms. The number of hydrogen-bond donors (Lipinski definition) is 1. The summed E-state index contributed by atoms with van der Waals surface area (Å²) < 4.78 is 33.2. The summed E-state index contributed by atoms with van der Waals surface area (Å²) in [5.74, 6) is -1.68. The van der Waals surface area contributed by atoms with Crippen LogP contribution in [0.5, 0.6) is 0 Å². The molecule has 0 aromatic heterocycles. The molecule has 0 amide bonds. The molecular weight excluding hydrogens is 272 g/mol. The Kier molecular flexibility index (Phi) is 5.42. The van der Waals surface area contributed by atoms with Gasteiger partial charge in [0.05, 0.1) is 6.04 Å². The van der Waals surface area contributed by atoms with Crippen LogP contribution in [0, 0.1) is 11.6 Å². The zero-order valence-electron chi connectivity index (χ0n) is 12.1. The summed E-state index contributed by atoms with van der Waals surface area (Å²) in [7, 11) is 1.57. The maximum atomic E-state index is 14.1. The molecule has 2 atom stereocenters. The molecule has 0 radical (unpaired) electrons. The van der Waals surface area contributed by atoms with Gasteiger partial charge >= 0.3 is 0 Å². The van der Waals surface area contributed by atoms with Gasteiger partial charge in [0, 0.05) is 12.7 Å². The minimum absolute atomic E-state index is 0.271. The minimum atomic E-state index is -0.849. The largest absolute Gasteiger partial charge is 0.375 e. The average Bonchev–Trinajstić information content (AvgIpc) is 2.51. The van der Waals surface area contributed by atoms with Crippen molar-refractivity contribution in [2.24, 2.45) is 0 Å². The summed E-state index contributed by atoms with van der Waals surface area (Å²) in [6, 6.07) is 13.3. The number of nitrogens with one attached hydrogen (secondary N) is 1. The van der Waals surface area contributed by atoms with Crippen LogP contribution in [-0.2, 0) is 4.74 Å². The van der Waals surface area contributed by atoms with Gasteiger partial charge < -0.3 is 10.1 Å². The summed E-state index contributed by atoms with van der Waals surface area (Å²) in [5, 5.41) is 3.18. The zero-order valence-corrected chi connectivity index (χ0v) is 12.1. The predicted molar refractivity (Wildman–Crippen MR) is 79.0 cm³/mol. The van der Waals surface area contributed by atoms with Gasteiger partial charge in [-0.2, -0.15) is 0 Å². The second-order valence-corrected chi connectivity index (χ2v) is 4.75. The lowest BCUT2D eigenvalue weighted by Crippen LogP contribution is -2.29. The minimum Gasteiger partial charge on any atom is -0.375 e. The van der Waals surface area contributed by atoms with E-state index < -0.39 is 23.8 Å². The zero-order chi connectivity index (χ0) is 15.2. The van der Waals surface area contributed by atoms with Crippen LogP contribution in [0.25, 0.3) is 0 Å². The van der Waals surface area contributed by atoms with Gasteiger partial charge in [-0.25, -0.2) is 8.78 Å². The number of rotatable bonds is 6. The van der Waals surface area contributed by atoms with Crippen molar-refractivity contribution >= 4 is 0 Å². The summed E-state index contributed by atoms with van der Waals surface area (Å²) in [6.45, 7) is 2.54. The van der Waals surface area contributed by atoms with Crippen molar-refractivity contribution in [3.8, 4) is 0 Å². The summed E-state index contributed by atoms with van der Waals surface area (Å²) in [4.78, 5) is 0. The molecule has 4 heteroatoms. The monoisotopic (exact) mass is 291 g/mol. The molecule has 0 aliphatic carbocycles. The fraction of sp³-hybridized carbons (Fsp3) is 0.294. The highest BCUT2D eigenvalue weighted by Crippen LogP contribution is 2.33. The molecule has 2 nitrogen and oxygen atoms in total. The predicted octanol–water partition coefficient (Wildman–Crippen LogP) is 4.00. The Morgan fingerprint density at radius 3 is 2.38 bits per heavy atom. The van der Waals surface area contributed by atoms with Crippen molar-refractivity contribution < 1.29 is 13.5 Å². The lowest BCUT2D eigenvalue weighted by molar-refractivity contribution is 0.0667. The molecule has 2 unspecified atom stereocenters. The number of methoxy groups -OCH3 is 1. The van der Waals surface area contributed by atoms with E-state index in [9.17, 15) is 8.78 Å². The SMILES string of the molecule is CCNC(c1cccc(F)c1F)C(OC)c1ccccc1. The van der Waals surface area contributed by atoms with Gasteiger partial charge in [-0.15, -0.1) is 0 Å². The van der Waals surface area contributed by atoms with Crippen molar-refractivity contribution in [1.82, 2.24) is 5.32 Å². The summed E-state index contributed by atoms with van der Waals surface area (Å²) in [5.41, 5.74) is 1.18. The Balaban J connectivity index is 2.44. The van der Waals surface area contributed by atoms with Crippen molar-refractivity contribution in [2.75, 3.05) is 13.7 Å². The van der Waals surface area contributed by atoms with Crippen LogP contribution in [0.4, 0.5) is 8.78 Å². The van der Waals surface area contributed by atoms with E-state index in [1.165, 1.54) is 6.07 Å². The van der Waals surface area contributed by atoms with Crippen LogP contribution >= 0.6 is 0 Å². The molecule has 2 aromatic carbocycles. The number of benzene rings is 2. The lowest BCUT2D eigenvalue weighted by Gasteiger charge is -2.28. The van der Waals surface area contributed by atoms with Crippen molar-refractivity contribution in [3.05, 3.63) is 71.3 Å². The van der Waals surface area contributed by atoms with E-state index in [-0.39, 0.29) is 5.56 Å². The van der Waals surface area contributed by atoms with Crippen molar-refractivity contribution in [1.29, 1.82) is 0 Å². The van der Waals surface area contributed by atoms with Crippen molar-refractivity contribution in [3.63, 3.8) is 0 Å². The Morgan fingerprint density at radius 1 is 1.05 bits per heavy atom. The first-order chi connectivity index (χ1) is 10.2. The number of halogens is 2. The van der Waals surface area contributed by atoms with Crippen LogP contribution in [0.15, 0.2) is 48.5 Å². The van der Waals surface area contributed by atoms with E-state index in [1.54, 1.807) is 13.2 Å². The van der Waals surface area contributed by atoms with Gasteiger partial charge in [0.2, 0.25) is 0 Å². The molecule has 2 aromatic rings. The normalized spacial score (nSPS) is 13.9. The average molecular weight is 291 g/mol. The number of likely N-dealkylation sites (N-methyl/N-ethyl adjacent to an activating group) is 1. The number of ether oxygens (including phenoxy) is 1. The molecule has 0 aliphatic heterocycles. The third-order valence-corrected chi connectivity index (χ3v) is 3.43. The third kappa shape index (κ3) is 3.46. The van der Waals surface area contributed by atoms with Crippen molar-refractivity contribution in [2.45, 2.75) is 19.1 Å². The number of hydrogen-bond acceptors (Lipinski definition) is 2. The smallest absolute Gasteiger partial charge is 0.163 e. The van der Waals surface area contributed by atoms with E-state index in [4.69, 9.17) is 4.74 Å². The third-order valence-electron chi connectivity index (χ3n) is 3.43. The second kappa shape index (κ2) is 7.29. The maximum Gasteiger partial charge on any atom is 0.163 e. The molecule has 0 saturated carbocycles. The molecule has 0 saturated heterocycles. The highest BCUT2D eigenvalue weighted by atomic mass is 19.2. The van der Waals surface area contributed by atoms with Gasteiger partial charge in [-0.3, -0.25) is 0 Å². The molecule has 112 valence electrons. The quantitative estimate of drug-likeness (QED) is 0.868. The van der Waals surface area contributed by atoms with Crippen LogP contribution in [0.1, 0.15) is 30.2 Å². The van der Waals surface area contributed by atoms with E-state index in [1.807, 2.05) is 37.3 Å². The fourth-order valence-electron chi connectivity index (χ4n) is 2.47. The highest BCUT2D eigenvalue weighted by molar-refractivity contribution is 5.28. The van der Waals surface area contributed by atoms with Gasteiger partial charge in [0.25, 0.3) is 0 Å². The maximum absolute atomic E-state index is 14.1. The summed E-state index contributed by atoms with van der Waals surface area (Å²) in [6.07, 6.45) is -0.401. The van der Waals surface area contributed by atoms with Gasteiger partial charge in [-0.05, 0) is 18.2 Å². The van der Waals surface area contributed by atoms with E-state index in [0.717, 1.165) is 11.6 Å². The first-order valence-electron chi connectivity index (χ1n) is 6.94. The van der Waals surface area contributed by atoms with E-state index in [0.29, 0.717) is 6.54 Å². The van der Waals surface area contributed by atoms with E-state index >= 15 is 0 Å². The molecule has 21 heavy (non-hydrogen) atoms. The standard InChI is InChI=1S/C17H19F2NO/c1-3-20-16(13-10-7-11-14(18)15(13)19)17(21-2)12-8-5-4-6-9-12/h4-11,16-17,20H,3H2,1-2H3. The molecule has 2 rings (SSSR count). The van der Waals surface area contributed by atoms with Crippen LogP contribution < -0.4 is 5.32 Å². The Labute approximate surface area is 123 Å². The van der Waals surface area contributed by atoms with E-state index in [2.05, 4.69) is 5.32 Å². The first kappa shape index (κ1) is 15.6. The second-order valence-electron chi connectivity index (χ2n) is 4.75. The van der Waals surface area contributed by atoms with Gasteiger partial charge in [-0.1, -0.05) is 49.4 Å². The topological polar surface area (TPSA) is 21.3 Å². The lowest BCUT2D eigenvalue weighted by atomic mass is 9.95. The van der Waals surface area contributed by atoms with Crippen LogP contribution in [0.2, 0.25) is 0 Å². The first-order valence-corrected chi connectivity index (χ1v) is 6.94. The van der Waals surface area contributed by atoms with Gasteiger partial charge in [0.1, 0.15) is 6.10 Å². The molecule has 0 bridgehead atoms. The Bertz CT molecular complexity index is 574. The Morgan fingerprint density at radius 2 is 1.76 bits per heavy atom. The summed E-state index contributed by atoms with van der Waals surface area (Å²) >= 11 is 0. The van der Waals surface area contributed by atoms with Crippen LogP contribution in [-0.4, -0.2) is 13.7 Å². The van der Waals surface area contributed by atoms with Crippen LogP contribution in [0.3, 0.4) is 0 Å². The molecular formula is C17H19F2NO. The molecule has 0 heterocycles.